The number of urea groups is 1. The number of amides is 3. The molecule has 2 rings (SSSR count). The Morgan fingerprint density at radius 1 is 1.20 bits per heavy atom. The summed E-state index contributed by atoms with van der Waals surface area (Å²) in [5, 5.41) is 2.88. The quantitative estimate of drug-likeness (QED) is 0.825. The molecule has 0 bridgehead atoms. The van der Waals surface area contributed by atoms with Crippen LogP contribution in [0.5, 0.6) is 0 Å². The molecule has 1 saturated heterocycles. The number of rotatable bonds is 7. The van der Waals surface area contributed by atoms with Crippen LogP contribution in [-0.2, 0) is 16.0 Å². The van der Waals surface area contributed by atoms with Crippen molar-refractivity contribution in [3.05, 3.63) is 29.8 Å². The number of hydrogen-bond donors (Lipinski definition) is 1. The van der Waals surface area contributed by atoms with Gasteiger partial charge in [-0.2, -0.15) is 0 Å². The maximum atomic E-state index is 12.2. The molecule has 1 heterocycles. The van der Waals surface area contributed by atoms with Crippen molar-refractivity contribution < 1.29 is 14.3 Å². The monoisotopic (exact) mass is 347 g/mol. The van der Waals surface area contributed by atoms with Crippen LogP contribution < -0.4 is 5.32 Å². The minimum absolute atomic E-state index is 0.123. The van der Waals surface area contributed by atoms with Gasteiger partial charge in [-0.05, 0) is 44.4 Å². The van der Waals surface area contributed by atoms with Gasteiger partial charge in [0.15, 0.2) is 0 Å². The van der Waals surface area contributed by atoms with E-state index >= 15 is 0 Å². The zero-order valence-corrected chi connectivity index (χ0v) is 15.5. The average molecular weight is 347 g/mol. The zero-order chi connectivity index (χ0) is 18.2. The molecule has 1 N–H and O–H groups in total. The first-order valence-electron chi connectivity index (χ1n) is 9.03. The van der Waals surface area contributed by atoms with Crippen molar-refractivity contribution in [2.45, 2.75) is 39.2 Å². The van der Waals surface area contributed by atoms with Crippen LogP contribution >= 0.6 is 0 Å². The van der Waals surface area contributed by atoms with E-state index < -0.39 is 0 Å². The predicted octanol–water partition coefficient (Wildman–Crippen LogP) is 2.74. The van der Waals surface area contributed by atoms with E-state index in [0.29, 0.717) is 13.0 Å². The standard InChI is InChI=1S/C19H29N3O3/c1-4-22(5-2)18(23)13-15-8-10-16(11-9-15)20-19(24)21(3)14-17-7-6-12-25-17/h8-11,17H,4-7,12-14H2,1-3H3,(H,20,24). The molecule has 25 heavy (non-hydrogen) atoms. The molecular weight excluding hydrogens is 318 g/mol. The van der Waals surface area contributed by atoms with Crippen LogP contribution in [0.25, 0.3) is 0 Å². The maximum Gasteiger partial charge on any atom is 0.321 e. The highest BCUT2D eigenvalue weighted by atomic mass is 16.5. The van der Waals surface area contributed by atoms with E-state index in [1.807, 2.05) is 43.0 Å². The Balaban J connectivity index is 1.84. The smallest absolute Gasteiger partial charge is 0.321 e. The summed E-state index contributed by atoms with van der Waals surface area (Å²) in [5.41, 5.74) is 1.67. The second kappa shape index (κ2) is 9.42. The average Bonchev–Trinajstić information content (AvgIpc) is 3.10. The van der Waals surface area contributed by atoms with Gasteiger partial charge in [-0.1, -0.05) is 12.1 Å². The minimum Gasteiger partial charge on any atom is -0.376 e. The van der Waals surface area contributed by atoms with Gasteiger partial charge in [0.2, 0.25) is 5.91 Å². The third kappa shape index (κ3) is 5.74. The van der Waals surface area contributed by atoms with Gasteiger partial charge in [0.05, 0.1) is 12.5 Å². The fourth-order valence-corrected chi connectivity index (χ4v) is 2.96. The number of nitrogens with zero attached hydrogens (tertiary/aromatic N) is 2. The molecule has 1 aromatic rings. The molecule has 1 aromatic carbocycles. The van der Waals surface area contributed by atoms with Gasteiger partial charge >= 0.3 is 6.03 Å². The van der Waals surface area contributed by atoms with E-state index in [1.54, 1.807) is 11.9 Å². The molecule has 3 amide bonds. The summed E-state index contributed by atoms with van der Waals surface area (Å²) in [6.07, 6.45) is 2.60. The lowest BCUT2D eigenvalue weighted by molar-refractivity contribution is -0.130. The number of nitrogens with one attached hydrogen (secondary N) is 1. The van der Waals surface area contributed by atoms with Gasteiger partial charge in [-0.3, -0.25) is 4.79 Å². The Morgan fingerprint density at radius 3 is 2.44 bits per heavy atom. The van der Waals surface area contributed by atoms with Crippen molar-refractivity contribution in [3.8, 4) is 0 Å². The van der Waals surface area contributed by atoms with Gasteiger partial charge in [-0.25, -0.2) is 4.79 Å². The first-order valence-corrected chi connectivity index (χ1v) is 9.03. The topological polar surface area (TPSA) is 61.9 Å². The first-order chi connectivity index (χ1) is 12.0. The third-order valence-electron chi connectivity index (χ3n) is 4.52. The van der Waals surface area contributed by atoms with Crippen LogP contribution in [0.4, 0.5) is 10.5 Å². The maximum absolute atomic E-state index is 12.2. The molecule has 6 heteroatoms. The second-order valence-electron chi connectivity index (χ2n) is 6.39. The molecule has 1 aliphatic rings. The fraction of sp³-hybridized carbons (Fsp3) is 0.579. The van der Waals surface area contributed by atoms with Crippen LogP contribution in [0.3, 0.4) is 0 Å². The Kier molecular flexibility index (Phi) is 7.25. The molecule has 0 spiro atoms. The molecule has 1 unspecified atom stereocenters. The number of benzene rings is 1. The summed E-state index contributed by atoms with van der Waals surface area (Å²) in [6, 6.07) is 7.29. The third-order valence-corrected chi connectivity index (χ3v) is 4.52. The molecule has 0 saturated carbocycles. The second-order valence-corrected chi connectivity index (χ2v) is 6.39. The van der Waals surface area contributed by atoms with Crippen molar-refractivity contribution in [1.82, 2.24) is 9.80 Å². The van der Waals surface area contributed by atoms with Gasteiger partial charge < -0.3 is 19.9 Å². The van der Waals surface area contributed by atoms with Gasteiger partial charge in [0, 0.05) is 39.0 Å². The number of carbonyl (C=O) groups excluding carboxylic acids is 2. The van der Waals surface area contributed by atoms with Crippen LogP contribution in [0.15, 0.2) is 24.3 Å². The van der Waals surface area contributed by atoms with E-state index in [2.05, 4.69) is 5.32 Å². The molecule has 1 fully saturated rings. The predicted molar refractivity (Wildman–Crippen MR) is 98.7 cm³/mol. The van der Waals surface area contributed by atoms with E-state index in [4.69, 9.17) is 4.74 Å². The van der Waals surface area contributed by atoms with Gasteiger partial charge in [0.1, 0.15) is 0 Å². The number of hydrogen-bond acceptors (Lipinski definition) is 3. The molecule has 0 aliphatic carbocycles. The minimum atomic E-state index is -0.150. The lowest BCUT2D eigenvalue weighted by atomic mass is 10.1. The van der Waals surface area contributed by atoms with Gasteiger partial charge in [-0.15, -0.1) is 0 Å². The zero-order valence-electron chi connectivity index (χ0n) is 15.5. The molecule has 1 atom stereocenters. The normalized spacial score (nSPS) is 16.5. The summed E-state index contributed by atoms with van der Waals surface area (Å²) >= 11 is 0. The van der Waals surface area contributed by atoms with Crippen LogP contribution in [0.2, 0.25) is 0 Å². The van der Waals surface area contributed by atoms with Crippen LogP contribution in [-0.4, -0.2) is 61.1 Å². The van der Waals surface area contributed by atoms with Crippen molar-refractivity contribution >= 4 is 17.6 Å². The van der Waals surface area contributed by atoms with Crippen molar-refractivity contribution in [1.29, 1.82) is 0 Å². The lowest BCUT2D eigenvalue weighted by Gasteiger charge is -2.21. The lowest BCUT2D eigenvalue weighted by Crippen LogP contribution is -2.37. The highest BCUT2D eigenvalue weighted by molar-refractivity contribution is 5.89. The summed E-state index contributed by atoms with van der Waals surface area (Å²) in [5.74, 6) is 0.123. The Morgan fingerprint density at radius 2 is 1.88 bits per heavy atom. The molecular formula is C19H29N3O3. The van der Waals surface area contributed by atoms with E-state index in [9.17, 15) is 9.59 Å². The highest BCUT2D eigenvalue weighted by Gasteiger charge is 2.20. The summed E-state index contributed by atoms with van der Waals surface area (Å²) < 4.78 is 5.56. The van der Waals surface area contributed by atoms with Crippen molar-refractivity contribution in [2.24, 2.45) is 0 Å². The van der Waals surface area contributed by atoms with Crippen LogP contribution in [0, 0.1) is 0 Å². The molecule has 0 radical (unpaired) electrons. The molecule has 6 nitrogen and oxygen atoms in total. The molecule has 138 valence electrons. The Labute approximate surface area is 150 Å². The molecule has 1 aliphatic heterocycles. The Hall–Kier alpha value is -2.08. The Bertz CT molecular complexity index is 564. The summed E-state index contributed by atoms with van der Waals surface area (Å²) in [7, 11) is 1.77. The number of likely N-dealkylation sites (N-methyl/N-ethyl adjacent to an activating group) is 2. The van der Waals surface area contributed by atoms with Crippen LogP contribution in [0.1, 0.15) is 32.3 Å². The number of anilines is 1. The van der Waals surface area contributed by atoms with E-state index in [1.165, 1.54) is 0 Å². The van der Waals surface area contributed by atoms with Gasteiger partial charge in [0.25, 0.3) is 0 Å². The largest absolute Gasteiger partial charge is 0.376 e. The summed E-state index contributed by atoms with van der Waals surface area (Å²) in [4.78, 5) is 27.8. The number of ether oxygens (including phenoxy) is 1. The molecule has 0 aromatic heterocycles. The SMILES string of the molecule is CCN(CC)C(=O)Cc1ccc(NC(=O)N(C)CC2CCCO2)cc1. The first kappa shape index (κ1) is 19.2. The van der Waals surface area contributed by atoms with Crippen molar-refractivity contribution in [2.75, 3.05) is 38.6 Å². The van der Waals surface area contributed by atoms with E-state index in [0.717, 1.165) is 43.8 Å². The fourth-order valence-electron chi connectivity index (χ4n) is 2.96. The van der Waals surface area contributed by atoms with E-state index in [-0.39, 0.29) is 18.0 Å². The summed E-state index contributed by atoms with van der Waals surface area (Å²) in [6.45, 7) is 6.79. The number of carbonyl (C=O) groups is 2. The highest BCUT2D eigenvalue weighted by Crippen LogP contribution is 2.15. The van der Waals surface area contributed by atoms with Crippen molar-refractivity contribution in [3.63, 3.8) is 0 Å².